The summed E-state index contributed by atoms with van der Waals surface area (Å²) in [6.45, 7) is 9.14. The molecule has 0 aliphatic heterocycles. The molecule has 0 spiro atoms. The number of hydrogen-bond acceptors (Lipinski definition) is 3. The number of furan rings is 1. The van der Waals surface area contributed by atoms with Gasteiger partial charge in [-0.1, -0.05) is 6.92 Å². The lowest BCUT2D eigenvalue weighted by Crippen LogP contribution is -2.43. The van der Waals surface area contributed by atoms with E-state index in [1.807, 2.05) is 19.1 Å². The van der Waals surface area contributed by atoms with Crippen LogP contribution in [0, 0.1) is 0 Å². The number of aliphatic imine (C=N–C) groups is 1. The van der Waals surface area contributed by atoms with Crippen molar-refractivity contribution >= 4 is 5.96 Å². The average Bonchev–Trinajstić information content (AvgIpc) is 2.96. The molecule has 1 unspecified atom stereocenters. The number of rotatable bonds is 9. The minimum Gasteiger partial charge on any atom is -0.469 e. The molecule has 1 rings (SSSR count). The molecule has 2 N–H and O–H groups in total. The van der Waals surface area contributed by atoms with Gasteiger partial charge in [0.15, 0.2) is 5.96 Å². The van der Waals surface area contributed by atoms with Crippen molar-refractivity contribution in [1.82, 2.24) is 10.6 Å². The number of nitrogens with zero attached hydrogens (tertiary/aromatic N) is 1. The van der Waals surface area contributed by atoms with Gasteiger partial charge in [0.1, 0.15) is 5.76 Å². The van der Waals surface area contributed by atoms with E-state index in [2.05, 4.69) is 29.5 Å². The predicted molar refractivity (Wildman–Crippen MR) is 82.1 cm³/mol. The van der Waals surface area contributed by atoms with Crippen LogP contribution < -0.4 is 10.6 Å². The maximum absolute atomic E-state index is 5.31. The Morgan fingerprint density at radius 1 is 1.45 bits per heavy atom. The lowest BCUT2D eigenvalue weighted by Gasteiger charge is -2.16. The summed E-state index contributed by atoms with van der Waals surface area (Å²) in [7, 11) is 0. The molecular formula is C15H27N3O2. The Labute approximate surface area is 121 Å². The van der Waals surface area contributed by atoms with Gasteiger partial charge < -0.3 is 19.8 Å². The summed E-state index contributed by atoms with van der Waals surface area (Å²) in [5.74, 6) is 1.82. The zero-order valence-corrected chi connectivity index (χ0v) is 12.8. The van der Waals surface area contributed by atoms with Crippen LogP contribution >= 0.6 is 0 Å². The van der Waals surface area contributed by atoms with E-state index in [1.165, 1.54) is 0 Å². The van der Waals surface area contributed by atoms with Crippen molar-refractivity contribution in [3.05, 3.63) is 24.2 Å². The van der Waals surface area contributed by atoms with Gasteiger partial charge in [-0.3, -0.25) is 4.99 Å². The van der Waals surface area contributed by atoms with Crippen molar-refractivity contribution in [3.8, 4) is 0 Å². The van der Waals surface area contributed by atoms with Gasteiger partial charge in [-0.2, -0.15) is 0 Å². The van der Waals surface area contributed by atoms with Crippen LogP contribution in [0.3, 0.4) is 0 Å². The fourth-order valence-corrected chi connectivity index (χ4v) is 1.61. The Morgan fingerprint density at radius 3 is 2.95 bits per heavy atom. The lowest BCUT2D eigenvalue weighted by molar-refractivity contribution is 0.155. The second kappa shape index (κ2) is 10.3. The van der Waals surface area contributed by atoms with Crippen LogP contribution in [0.2, 0.25) is 0 Å². The second-order valence-electron chi connectivity index (χ2n) is 4.64. The first-order chi connectivity index (χ1) is 9.76. The standard InChI is InChI=1S/C15H27N3O2/c1-4-13(3)18-15(17-10-12-19-5-2)16-9-8-14-7-6-11-20-14/h6-7,11,13H,4-5,8-10,12H2,1-3H3,(H2,16,17,18). The molecular weight excluding hydrogens is 254 g/mol. The molecule has 0 bridgehead atoms. The molecule has 1 atom stereocenters. The molecule has 1 aromatic heterocycles. The number of guanidine groups is 1. The molecule has 5 nitrogen and oxygen atoms in total. The minimum absolute atomic E-state index is 0.400. The monoisotopic (exact) mass is 281 g/mol. The van der Waals surface area contributed by atoms with E-state index in [0.717, 1.165) is 37.7 Å². The van der Waals surface area contributed by atoms with E-state index < -0.39 is 0 Å². The van der Waals surface area contributed by atoms with E-state index in [-0.39, 0.29) is 0 Å². The molecule has 1 aromatic rings. The third kappa shape index (κ3) is 7.19. The SMILES string of the molecule is CCOCCN=C(NCCc1ccco1)NC(C)CC. The van der Waals surface area contributed by atoms with Crippen molar-refractivity contribution in [3.63, 3.8) is 0 Å². The molecule has 0 saturated carbocycles. The molecule has 5 heteroatoms. The molecule has 1 heterocycles. The van der Waals surface area contributed by atoms with Crippen molar-refractivity contribution in [2.24, 2.45) is 4.99 Å². The number of nitrogens with one attached hydrogen (secondary N) is 2. The summed E-state index contributed by atoms with van der Waals surface area (Å²) in [6.07, 6.45) is 3.60. The molecule has 0 radical (unpaired) electrons. The van der Waals surface area contributed by atoms with Gasteiger partial charge >= 0.3 is 0 Å². The Kier molecular flexibility index (Phi) is 8.54. The van der Waals surface area contributed by atoms with Crippen LogP contribution in [0.4, 0.5) is 0 Å². The first-order valence-corrected chi connectivity index (χ1v) is 7.41. The summed E-state index contributed by atoms with van der Waals surface area (Å²) in [5, 5.41) is 6.70. The van der Waals surface area contributed by atoms with Gasteiger partial charge in [0.05, 0.1) is 19.4 Å². The Balaban J connectivity index is 2.35. The molecule has 0 aliphatic rings. The molecule has 0 saturated heterocycles. The van der Waals surface area contributed by atoms with Crippen LogP contribution in [0.25, 0.3) is 0 Å². The van der Waals surface area contributed by atoms with Gasteiger partial charge in [0, 0.05) is 25.6 Å². The third-order valence-corrected chi connectivity index (χ3v) is 2.95. The zero-order valence-electron chi connectivity index (χ0n) is 12.8. The first-order valence-electron chi connectivity index (χ1n) is 7.41. The molecule has 0 aliphatic carbocycles. The number of hydrogen-bond donors (Lipinski definition) is 2. The highest BCUT2D eigenvalue weighted by Gasteiger charge is 2.03. The average molecular weight is 281 g/mol. The molecule has 114 valence electrons. The van der Waals surface area contributed by atoms with Gasteiger partial charge in [-0.15, -0.1) is 0 Å². The minimum atomic E-state index is 0.400. The Hall–Kier alpha value is -1.49. The fraction of sp³-hybridized carbons (Fsp3) is 0.667. The van der Waals surface area contributed by atoms with Crippen molar-refractivity contribution in [2.75, 3.05) is 26.3 Å². The summed E-state index contributed by atoms with van der Waals surface area (Å²) >= 11 is 0. The highest BCUT2D eigenvalue weighted by atomic mass is 16.5. The van der Waals surface area contributed by atoms with Gasteiger partial charge in [-0.25, -0.2) is 0 Å². The van der Waals surface area contributed by atoms with Crippen LogP contribution in [0.15, 0.2) is 27.8 Å². The quantitative estimate of drug-likeness (QED) is 0.414. The molecule has 20 heavy (non-hydrogen) atoms. The zero-order chi connectivity index (χ0) is 14.6. The summed E-state index contributed by atoms with van der Waals surface area (Å²) < 4.78 is 10.6. The third-order valence-electron chi connectivity index (χ3n) is 2.95. The summed E-state index contributed by atoms with van der Waals surface area (Å²) in [4.78, 5) is 4.51. The van der Waals surface area contributed by atoms with Crippen LogP contribution in [-0.4, -0.2) is 38.3 Å². The molecule has 0 amide bonds. The van der Waals surface area contributed by atoms with Gasteiger partial charge in [0.25, 0.3) is 0 Å². The van der Waals surface area contributed by atoms with Crippen molar-refractivity contribution in [1.29, 1.82) is 0 Å². The summed E-state index contributed by atoms with van der Waals surface area (Å²) in [5.41, 5.74) is 0. The first kappa shape index (κ1) is 16.6. The van der Waals surface area contributed by atoms with Crippen LogP contribution in [-0.2, 0) is 11.2 Å². The van der Waals surface area contributed by atoms with E-state index in [9.17, 15) is 0 Å². The van der Waals surface area contributed by atoms with Gasteiger partial charge in [0.2, 0.25) is 0 Å². The Bertz CT molecular complexity index is 363. The van der Waals surface area contributed by atoms with E-state index in [1.54, 1.807) is 6.26 Å². The van der Waals surface area contributed by atoms with E-state index in [0.29, 0.717) is 19.2 Å². The largest absolute Gasteiger partial charge is 0.469 e. The maximum Gasteiger partial charge on any atom is 0.191 e. The maximum atomic E-state index is 5.31. The van der Waals surface area contributed by atoms with Crippen LogP contribution in [0.5, 0.6) is 0 Å². The van der Waals surface area contributed by atoms with Crippen LogP contribution in [0.1, 0.15) is 33.0 Å². The predicted octanol–water partition coefficient (Wildman–Crippen LogP) is 2.19. The second-order valence-corrected chi connectivity index (χ2v) is 4.64. The van der Waals surface area contributed by atoms with Gasteiger partial charge in [-0.05, 0) is 32.4 Å². The smallest absolute Gasteiger partial charge is 0.191 e. The molecule has 0 fully saturated rings. The lowest BCUT2D eigenvalue weighted by atomic mass is 10.3. The van der Waals surface area contributed by atoms with Crippen molar-refractivity contribution in [2.45, 2.75) is 39.7 Å². The Morgan fingerprint density at radius 2 is 2.30 bits per heavy atom. The molecule has 0 aromatic carbocycles. The van der Waals surface area contributed by atoms with Crippen molar-refractivity contribution < 1.29 is 9.15 Å². The summed E-state index contributed by atoms with van der Waals surface area (Å²) in [6, 6.07) is 4.29. The normalized spacial score (nSPS) is 13.2. The number of ether oxygens (including phenoxy) is 1. The van der Waals surface area contributed by atoms with E-state index in [4.69, 9.17) is 9.15 Å². The topological polar surface area (TPSA) is 58.8 Å². The fourth-order valence-electron chi connectivity index (χ4n) is 1.61. The highest BCUT2D eigenvalue weighted by Crippen LogP contribution is 1.99. The highest BCUT2D eigenvalue weighted by molar-refractivity contribution is 5.80. The van der Waals surface area contributed by atoms with E-state index >= 15 is 0 Å².